The van der Waals surface area contributed by atoms with Gasteiger partial charge >= 0.3 is 0 Å². The van der Waals surface area contributed by atoms with Crippen molar-refractivity contribution in [1.82, 2.24) is 10.2 Å². The van der Waals surface area contributed by atoms with Gasteiger partial charge in [0.1, 0.15) is 5.75 Å². The predicted molar refractivity (Wildman–Crippen MR) is 109 cm³/mol. The first kappa shape index (κ1) is 18.1. The summed E-state index contributed by atoms with van der Waals surface area (Å²) >= 11 is 0. The molecule has 0 saturated carbocycles. The van der Waals surface area contributed by atoms with Gasteiger partial charge in [-0.05, 0) is 53.8 Å². The summed E-state index contributed by atoms with van der Waals surface area (Å²) in [6, 6.07) is 12.7. The van der Waals surface area contributed by atoms with Crippen LogP contribution < -0.4 is 10.1 Å². The first-order valence-electron chi connectivity index (χ1n) is 9.77. The highest BCUT2D eigenvalue weighted by Gasteiger charge is 2.36. The summed E-state index contributed by atoms with van der Waals surface area (Å²) in [6.45, 7) is 7.18. The standard InChI is InChI=1S/C23H28N2O2/c1-14(2)15-6-8-22(27-4)19(9-15)16-5-7-18-20(10-16)23(26)24-11-17-12-25(3)13-21(17)18/h5-10,14,17,21H,11-13H2,1-4H3,(H,24,26). The minimum atomic E-state index is 0.0443. The van der Waals surface area contributed by atoms with Crippen LogP contribution in [-0.4, -0.2) is 44.6 Å². The summed E-state index contributed by atoms with van der Waals surface area (Å²) in [6.07, 6.45) is 0. The normalized spacial score (nSPS) is 22.2. The number of nitrogens with zero attached hydrogens (tertiary/aromatic N) is 1. The third-order valence-electron chi connectivity index (χ3n) is 6.05. The van der Waals surface area contributed by atoms with E-state index in [0.29, 0.717) is 17.8 Å². The molecule has 4 nitrogen and oxygen atoms in total. The highest BCUT2D eigenvalue weighted by Crippen LogP contribution is 2.39. The third kappa shape index (κ3) is 3.23. The SMILES string of the molecule is COc1ccc(C(C)C)cc1-c1ccc2c(c1)C(=O)NCC1CN(C)CC21. The number of hydrogen-bond acceptors (Lipinski definition) is 3. The number of carbonyl (C=O) groups excluding carboxylic acids is 1. The molecule has 2 unspecified atom stereocenters. The van der Waals surface area contributed by atoms with Gasteiger partial charge in [0.25, 0.3) is 5.91 Å². The largest absolute Gasteiger partial charge is 0.496 e. The Kier molecular flexibility index (Phi) is 4.68. The summed E-state index contributed by atoms with van der Waals surface area (Å²) in [5, 5.41) is 3.13. The Morgan fingerprint density at radius 1 is 1.11 bits per heavy atom. The minimum absolute atomic E-state index is 0.0443. The lowest BCUT2D eigenvalue weighted by Gasteiger charge is -2.18. The zero-order valence-corrected chi connectivity index (χ0v) is 16.6. The van der Waals surface area contributed by atoms with Crippen LogP contribution in [-0.2, 0) is 0 Å². The Morgan fingerprint density at radius 2 is 1.93 bits per heavy atom. The molecule has 1 amide bonds. The van der Waals surface area contributed by atoms with Gasteiger partial charge in [0.15, 0.2) is 0 Å². The van der Waals surface area contributed by atoms with Crippen LogP contribution in [0.5, 0.6) is 5.75 Å². The zero-order chi connectivity index (χ0) is 19.1. The molecule has 2 aromatic rings. The molecule has 1 N–H and O–H groups in total. The number of methoxy groups -OCH3 is 1. The summed E-state index contributed by atoms with van der Waals surface area (Å²) in [5.41, 5.74) is 5.34. The van der Waals surface area contributed by atoms with Crippen LogP contribution in [0.25, 0.3) is 11.1 Å². The van der Waals surface area contributed by atoms with Crippen molar-refractivity contribution in [2.45, 2.75) is 25.7 Å². The van der Waals surface area contributed by atoms with Crippen LogP contribution in [0.3, 0.4) is 0 Å². The lowest BCUT2D eigenvalue weighted by Crippen LogP contribution is -2.29. The molecule has 1 saturated heterocycles. The van der Waals surface area contributed by atoms with E-state index in [0.717, 1.165) is 42.1 Å². The van der Waals surface area contributed by atoms with E-state index in [1.807, 2.05) is 12.1 Å². The quantitative estimate of drug-likeness (QED) is 0.899. The summed E-state index contributed by atoms with van der Waals surface area (Å²) in [4.78, 5) is 15.1. The maximum atomic E-state index is 12.8. The Labute approximate surface area is 161 Å². The van der Waals surface area contributed by atoms with Gasteiger partial charge < -0.3 is 15.0 Å². The highest BCUT2D eigenvalue weighted by atomic mass is 16.5. The van der Waals surface area contributed by atoms with Gasteiger partial charge in [-0.15, -0.1) is 0 Å². The number of benzene rings is 2. The number of ether oxygens (including phenoxy) is 1. The molecule has 4 rings (SSSR count). The van der Waals surface area contributed by atoms with Crippen LogP contribution in [0.2, 0.25) is 0 Å². The molecule has 0 aromatic heterocycles. The molecular formula is C23H28N2O2. The fraction of sp³-hybridized carbons (Fsp3) is 0.435. The van der Waals surface area contributed by atoms with E-state index in [1.54, 1.807) is 7.11 Å². The highest BCUT2D eigenvalue weighted by molar-refractivity contribution is 5.98. The van der Waals surface area contributed by atoms with Crippen LogP contribution in [0.15, 0.2) is 36.4 Å². The number of fused-ring (bicyclic) bond motifs is 3. The van der Waals surface area contributed by atoms with Crippen LogP contribution in [0.4, 0.5) is 0 Å². The Morgan fingerprint density at radius 3 is 2.67 bits per heavy atom. The smallest absolute Gasteiger partial charge is 0.251 e. The second kappa shape index (κ2) is 7.01. The molecular weight excluding hydrogens is 336 g/mol. The van der Waals surface area contributed by atoms with E-state index in [9.17, 15) is 4.79 Å². The van der Waals surface area contributed by atoms with Crippen LogP contribution >= 0.6 is 0 Å². The maximum absolute atomic E-state index is 12.8. The Hall–Kier alpha value is -2.33. The van der Waals surface area contributed by atoms with Gasteiger partial charge in [-0.3, -0.25) is 4.79 Å². The molecule has 1 fully saturated rings. The molecule has 0 aliphatic carbocycles. The molecule has 2 aliphatic rings. The summed E-state index contributed by atoms with van der Waals surface area (Å²) in [5.74, 6) is 2.23. The Bertz CT molecular complexity index is 875. The number of likely N-dealkylation sites (tertiary alicyclic amines) is 1. The van der Waals surface area contributed by atoms with Crippen molar-refractivity contribution in [3.63, 3.8) is 0 Å². The van der Waals surface area contributed by atoms with Crippen molar-refractivity contribution in [1.29, 1.82) is 0 Å². The fourth-order valence-electron chi connectivity index (χ4n) is 4.52. The molecule has 27 heavy (non-hydrogen) atoms. The molecule has 2 atom stereocenters. The molecule has 142 valence electrons. The number of likely N-dealkylation sites (N-methyl/N-ethyl adjacent to an activating group) is 1. The van der Waals surface area contributed by atoms with Gasteiger partial charge in [-0.1, -0.05) is 32.0 Å². The molecule has 2 heterocycles. The zero-order valence-electron chi connectivity index (χ0n) is 16.6. The number of nitrogens with one attached hydrogen (secondary N) is 1. The number of carbonyl (C=O) groups is 1. The Balaban J connectivity index is 1.81. The molecule has 2 aromatic carbocycles. The van der Waals surface area contributed by atoms with Gasteiger partial charge in [0, 0.05) is 36.7 Å². The summed E-state index contributed by atoms with van der Waals surface area (Å²) in [7, 11) is 3.86. The van der Waals surface area contributed by atoms with Crippen LogP contribution in [0, 0.1) is 5.92 Å². The average Bonchev–Trinajstić information content (AvgIpc) is 2.99. The van der Waals surface area contributed by atoms with Crippen molar-refractivity contribution in [2.24, 2.45) is 5.92 Å². The van der Waals surface area contributed by atoms with E-state index in [4.69, 9.17) is 4.74 Å². The minimum Gasteiger partial charge on any atom is -0.496 e. The molecule has 4 heteroatoms. The van der Waals surface area contributed by atoms with E-state index in [2.05, 4.69) is 55.4 Å². The second-order valence-corrected chi connectivity index (χ2v) is 8.21. The van der Waals surface area contributed by atoms with Gasteiger partial charge in [-0.2, -0.15) is 0 Å². The molecule has 2 aliphatic heterocycles. The first-order valence-corrected chi connectivity index (χ1v) is 9.77. The monoisotopic (exact) mass is 364 g/mol. The molecule has 0 spiro atoms. The third-order valence-corrected chi connectivity index (χ3v) is 6.05. The van der Waals surface area contributed by atoms with Crippen molar-refractivity contribution in [3.8, 4) is 16.9 Å². The van der Waals surface area contributed by atoms with E-state index in [-0.39, 0.29) is 5.91 Å². The van der Waals surface area contributed by atoms with Crippen molar-refractivity contribution in [3.05, 3.63) is 53.1 Å². The second-order valence-electron chi connectivity index (χ2n) is 8.21. The fourth-order valence-corrected chi connectivity index (χ4v) is 4.52. The van der Waals surface area contributed by atoms with Gasteiger partial charge in [-0.25, -0.2) is 0 Å². The molecule has 0 bridgehead atoms. The number of rotatable bonds is 3. The lowest BCUT2D eigenvalue weighted by molar-refractivity contribution is 0.0951. The van der Waals surface area contributed by atoms with Crippen LogP contribution in [0.1, 0.15) is 47.2 Å². The van der Waals surface area contributed by atoms with Gasteiger partial charge in [0.05, 0.1) is 7.11 Å². The topological polar surface area (TPSA) is 41.6 Å². The van der Waals surface area contributed by atoms with E-state index in [1.165, 1.54) is 11.1 Å². The number of hydrogen-bond donors (Lipinski definition) is 1. The average molecular weight is 364 g/mol. The van der Waals surface area contributed by atoms with E-state index >= 15 is 0 Å². The maximum Gasteiger partial charge on any atom is 0.251 e. The first-order chi connectivity index (χ1) is 13.0. The molecule has 0 radical (unpaired) electrons. The lowest BCUT2D eigenvalue weighted by atomic mass is 9.85. The predicted octanol–water partition coefficient (Wildman–Crippen LogP) is 3.87. The van der Waals surface area contributed by atoms with Crippen molar-refractivity contribution in [2.75, 3.05) is 33.8 Å². The van der Waals surface area contributed by atoms with E-state index < -0.39 is 0 Å². The van der Waals surface area contributed by atoms with Crippen molar-refractivity contribution < 1.29 is 9.53 Å². The summed E-state index contributed by atoms with van der Waals surface area (Å²) < 4.78 is 5.61. The van der Waals surface area contributed by atoms with Crippen molar-refractivity contribution >= 4 is 5.91 Å². The number of amides is 1. The van der Waals surface area contributed by atoms with Gasteiger partial charge in [0.2, 0.25) is 0 Å².